The second-order valence-corrected chi connectivity index (χ2v) is 4.33. The summed E-state index contributed by atoms with van der Waals surface area (Å²) in [6, 6.07) is 4.65. The van der Waals surface area contributed by atoms with Gasteiger partial charge in [-0.15, -0.1) is 0 Å². The number of hydrogen-bond acceptors (Lipinski definition) is 3. The van der Waals surface area contributed by atoms with Crippen LogP contribution in [0.3, 0.4) is 0 Å². The molecule has 0 aliphatic carbocycles. The second-order valence-electron chi connectivity index (χ2n) is 4.33. The standard InChI is InChI=1S/C15H24FNO2/c1-3-8-17-12-13-11-14(16)6-7-15(13)19-10-5-9-18-4-2/h6-7,11,17H,3-5,8-10,12H2,1-2H3. The lowest BCUT2D eigenvalue weighted by Crippen LogP contribution is -2.15. The molecule has 0 radical (unpaired) electrons. The van der Waals surface area contributed by atoms with Crippen LogP contribution in [0.2, 0.25) is 0 Å². The lowest BCUT2D eigenvalue weighted by atomic mass is 10.2. The average Bonchev–Trinajstić information content (AvgIpc) is 2.41. The van der Waals surface area contributed by atoms with Gasteiger partial charge in [0.2, 0.25) is 0 Å². The minimum atomic E-state index is -0.227. The van der Waals surface area contributed by atoms with Crippen LogP contribution >= 0.6 is 0 Å². The van der Waals surface area contributed by atoms with Gasteiger partial charge in [-0.25, -0.2) is 4.39 Å². The lowest BCUT2D eigenvalue weighted by molar-refractivity contribution is 0.130. The van der Waals surface area contributed by atoms with Crippen LogP contribution in [-0.2, 0) is 11.3 Å². The SMILES string of the molecule is CCCNCc1cc(F)ccc1OCCCOCC. The van der Waals surface area contributed by atoms with Crippen molar-refractivity contribution in [1.82, 2.24) is 5.32 Å². The Balaban J connectivity index is 2.45. The van der Waals surface area contributed by atoms with Crippen LogP contribution in [0.25, 0.3) is 0 Å². The molecular weight excluding hydrogens is 245 g/mol. The second kappa shape index (κ2) is 9.75. The van der Waals surface area contributed by atoms with Crippen molar-refractivity contribution in [2.45, 2.75) is 33.2 Å². The molecule has 1 N–H and O–H groups in total. The molecule has 0 saturated heterocycles. The highest BCUT2D eigenvalue weighted by Crippen LogP contribution is 2.19. The predicted octanol–water partition coefficient (Wildman–Crippen LogP) is 3.13. The van der Waals surface area contributed by atoms with Crippen LogP contribution in [0.1, 0.15) is 32.3 Å². The van der Waals surface area contributed by atoms with Crippen molar-refractivity contribution < 1.29 is 13.9 Å². The van der Waals surface area contributed by atoms with E-state index < -0.39 is 0 Å². The highest BCUT2D eigenvalue weighted by Gasteiger charge is 2.05. The number of rotatable bonds is 10. The number of halogens is 1. The Hall–Kier alpha value is -1.13. The van der Waals surface area contributed by atoms with Gasteiger partial charge in [0.05, 0.1) is 6.61 Å². The Morgan fingerprint density at radius 2 is 2.05 bits per heavy atom. The van der Waals surface area contributed by atoms with E-state index in [-0.39, 0.29) is 5.82 Å². The van der Waals surface area contributed by atoms with Crippen molar-refractivity contribution in [1.29, 1.82) is 0 Å². The molecule has 3 nitrogen and oxygen atoms in total. The molecule has 0 aliphatic heterocycles. The number of nitrogens with one attached hydrogen (secondary N) is 1. The minimum Gasteiger partial charge on any atom is -0.493 e. The predicted molar refractivity (Wildman–Crippen MR) is 75.0 cm³/mol. The van der Waals surface area contributed by atoms with E-state index in [9.17, 15) is 4.39 Å². The third-order valence-electron chi connectivity index (χ3n) is 2.66. The van der Waals surface area contributed by atoms with Gasteiger partial charge in [0, 0.05) is 31.7 Å². The summed E-state index contributed by atoms with van der Waals surface area (Å²) >= 11 is 0. The van der Waals surface area contributed by atoms with Crippen molar-refractivity contribution in [2.75, 3.05) is 26.4 Å². The molecule has 0 heterocycles. The molecule has 19 heavy (non-hydrogen) atoms. The molecule has 0 spiro atoms. The summed E-state index contributed by atoms with van der Waals surface area (Å²) in [6.07, 6.45) is 1.90. The summed E-state index contributed by atoms with van der Waals surface area (Å²) in [7, 11) is 0. The highest BCUT2D eigenvalue weighted by molar-refractivity contribution is 5.33. The first-order valence-corrected chi connectivity index (χ1v) is 6.97. The van der Waals surface area contributed by atoms with Crippen molar-refractivity contribution in [3.05, 3.63) is 29.6 Å². The van der Waals surface area contributed by atoms with E-state index in [0.29, 0.717) is 19.8 Å². The number of hydrogen-bond donors (Lipinski definition) is 1. The normalized spacial score (nSPS) is 10.7. The Kier molecular flexibility index (Phi) is 8.18. The third kappa shape index (κ3) is 6.55. The molecule has 0 atom stereocenters. The first kappa shape index (κ1) is 15.9. The average molecular weight is 269 g/mol. The smallest absolute Gasteiger partial charge is 0.123 e. The highest BCUT2D eigenvalue weighted by atomic mass is 19.1. The van der Waals surface area contributed by atoms with Crippen LogP contribution in [0.5, 0.6) is 5.75 Å². The Bertz CT molecular complexity index is 358. The molecule has 0 fully saturated rings. The number of benzene rings is 1. The molecule has 0 amide bonds. The zero-order chi connectivity index (χ0) is 13.9. The fraction of sp³-hybridized carbons (Fsp3) is 0.600. The molecule has 4 heteroatoms. The fourth-order valence-electron chi connectivity index (χ4n) is 1.71. The maximum absolute atomic E-state index is 13.2. The summed E-state index contributed by atoms with van der Waals surface area (Å²) in [5.41, 5.74) is 0.866. The van der Waals surface area contributed by atoms with Crippen molar-refractivity contribution in [2.24, 2.45) is 0 Å². The van der Waals surface area contributed by atoms with Gasteiger partial charge in [0.15, 0.2) is 0 Å². The Labute approximate surface area is 115 Å². The van der Waals surface area contributed by atoms with Gasteiger partial charge < -0.3 is 14.8 Å². The Morgan fingerprint density at radius 3 is 2.79 bits per heavy atom. The minimum absolute atomic E-state index is 0.227. The topological polar surface area (TPSA) is 30.5 Å². The zero-order valence-electron chi connectivity index (χ0n) is 11.9. The molecule has 1 aromatic rings. The van der Waals surface area contributed by atoms with E-state index in [0.717, 1.165) is 37.3 Å². The maximum Gasteiger partial charge on any atom is 0.123 e. The van der Waals surface area contributed by atoms with Crippen LogP contribution in [0.15, 0.2) is 18.2 Å². The maximum atomic E-state index is 13.2. The van der Waals surface area contributed by atoms with E-state index in [2.05, 4.69) is 12.2 Å². The van der Waals surface area contributed by atoms with E-state index in [1.54, 1.807) is 6.07 Å². The summed E-state index contributed by atoms with van der Waals surface area (Å²) in [4.78, 5) is 0. The largest absolute Gasteiger partial charge is 0.493 e. The van der Waals surface area contributed by atoms with Crippen molar-refractivity contribution in [3.63, 3.8) is 0 Å². The van der Waals surface area contributed by atoms with E-state index in [1.165, 1.54) is 12.1 Å². The molecule has 0 saturated carbocycles. The lowest BCUT2D eigenvalue weighted by Gasteiger charge is -2.12. The van der Waals surface area contributed by atoms with Gasteiger partial charge >= 0.3 is 0 Å². The Morgan fingerprint density at radius 1 is 1.21 bits per heavy atom. The van der Waals surface area contributed by atoms with Crippen LogP contribution in [-0.4, -0.2) is 26.4 Å². The summed E-state index contributed by atoms with van der Waals surface area (Å²) in [6.45, 7) is 7.63. The molecule has 0 aromatic heterocycles. The zero-order valence-corrected chi connectivity index (χ0v) is 11.9. The van der Waals surface area contributed by atoms with Crippen LogP contribution in [0.4, 0.5) is 4.39 Å². The molecule has 0 unspecified atom stereocenters. The van der Waals surface area contributed by atoms with Crippen LogP contribution in [0, 0.1) is 5.82 Å². The molecule has 0 bridgehead atoms. The summed E-state index contributed by atoms with van der Waals surface area (Å²) in [5, 5.41) is 3.26. The summed E-state index contributed by atoms with van der Waals surface area (Å²) in [5.74, 6) is 0.525. The molecular formula is C15H24FNO2. The molecule has 108 valence electrons. The van der Waals surface area contributed by atoms with Crippen LogP contribution < -0.4 is 10.1 Å². The van der Waals surface area contributed by atoms with Gasteiger partial charge in [-0.3, -0.25) is 0 Å². The molecule has 0 aliphatic rings. The quantitative estimate of drug-likeness (QED) is 0.662. The van der Waals surface area contributed by atoms with Gasteiger partial charge in [-0.2, -0.15) is 0 Å². The fourth-order valence-corrected chi connectivity index (χ4v) is 1.71. The number of ether oxygens (including phenoxy) is 2. The van der Waals surface area contributed by atoms with Gasteiger partial charge in [0.25, 0.3) is 0 Å². The van der Waals surface area contributed by atoms with Gasteiger partial charge in [-0.05, 0) is 38.1 Å². The van der Waals surface area contributed by atoms with E-state index in [4.69, 9.17) is 9.47 Å². The van der Waals surface area contributed by atoms with E-state index >= 15 is 0 Å². The third-order valence-corrected chi connectivity index (χ3v) is 2.66. The first-order chi connectivity index (χ1) is 9.27. The van der Waals surface area contributed by atoms with Gasteiger partial charge in [-0.1, -0.05) is 6.92 Å². The molecule has 1 rings (SSSR count). The first-order valence-electron chi connectivity index (χ1n) is 6.97. The van der Waals surface area contributed by atoms with Crippen molar-refractivity contribution >= 4 is 0 Å². The monoisotopic (exact) mass is 269 g/mol. The summed E-state index contributed by atoms with van der Waals surface area (Å²) < 4.78 is 24.2. The molecule has 1 aromatic carbocycles. The van der Waals surface area contributed by atoms with Gasteiger partial charge in [0.1, 0.15) is 11.6 Å². The van der Waals surface area contributed by atoms with Crippen molar-refractivity contribution in [3.8, 4) is 5.75 Å². The van der Waals surface area contributed by atoms with E-state index in [1.807, 2.05) is 6.92 Å².